The Morgan fingerprint density at radius 1 is 1.21 bits per heavy atom. The second-order valence-corrected chi connectivity index (χ2v) is 6.48. The molecule has 3 rings (SSSR count). The van der Waals surface area contributed by atoms with Gasteiger partial charge in [-0.15, -0.1) is 0 Å². The second-order valence-electron chi connectivity index (χ2n) is 6.48. The van der Waals surface area contributed by atoms with Crippen LogP contribution in [0.5, 0.6) is 0 Å². The zero-order valence-corrected chi connectivity index (χ0v) is 9.60. The third-order valence-electron chi connectivity index (χ3n) is 5.23. The predicted molar refractivity (Wildman–Crippen MR) is 59.2 cm³/mol. The lowest BCUT2D eigenvalue weighted by Crippen LogP contribution is -2.26. The van der Waals surface area contributed by atoms with Crippen LogP contribution in [0.4, 0.5) is 0 Å². The summed E-state index contributed by atoms with van der Waals surface area (Å²) in [5, 5.41) is 3.71. The number of hydrogen-bond acceptors (Lipinski definition) is 1. The quantitative estimate of drug-likeness (QED) is 0.726. The molecule has 1 N–H and O–H groups in total. The molecular weight excluding hydrogens is 170 g/mol. The Labute approximate surface area is 87.7 Å². The van der Waals surface area contributed by atoms with Gasteiger partial charge in [-0.1, -0.05) is 20.3 Å². The van der Waals surface area contributed by atoms with Gasteiger partial charge in [-0.05, 0) is 55.4 Å². The van der Waals surface area contributed by atoms with E-state index in [1.807, 2.05) is 0 Å². The molecule has 3 aliphatic carbocycles. The van der Waals surface area contributed by atoms with E-state index in [9.17, 15) is 0 Å². The molecule has 0 aromatic rings. The van der Waals surface area contributed by atoms with Crippen LogP contribution in [0.25, 0.3) is 0 Å². The summed E-state index contributed by atoms with van der Waals surface area (Å²) >= 11 is 0. The van der Waals surface area contributed by atoms with Crippen LogP contribution in [0.3, 0.4) is 0 Å². The van der Waals surface area contributed by atoms with Crippen LogP contribution >= 0.6 is 0 Å². The van der Waals surface area contributed by atoms with Crippen molar-refractivity contribution in [2.24, 2.45) is 16.7 Å². The van der Waals surface area contributed by atoms with Crippen LogP contribution in [0.1, 0.15) is 52.4 Å². The number of hydrogen-bond donors (Lipinski definition) is 1. The topological polar surface area (TPSA) is 12.0 Å². The molecule has 0 aromatic carbocycles. The summed E-state index contributed by atoms with van der Waals surface area (Å²) in [7, 11) is 0. The van der Waals surface area contributed by atoms with Gasteiger partial charge in [-0.25, -0.2) is 0 Å². The molecule has 80 valence electrons. The van der Waals surface area contributed by atoms with Gasteiger partial charge in [0.1, 0.15) is 0 Å². The standard InChI is InChI=1S/C13H23N/c1-12(2)6-3-7-13(12)8-10(13)9-14-11-4-5-11/h10-11,14H,3-9H2,1-2H3. The fraction of sp³-hybridized carbons (Fsp3) is 1.00. The van der Waals surface area contributed by atoms with Crippen molar-refractivity contribution in [1.29, 1.82) is 0 Å². The zero-order valence-electron chi connectivity index (χ0n) is 9.60. The molecule has 1 heteroatoms. The highest BCUT2D eigenvalue weighted by Gasteiger charge is 2.63. The van der Waals surface area contributed by atoms with E-state index in [-0.39, 0.29) is 0 Å². The van der Waals surface area contributed by atoms with Crippen molar-refractivity contribution in [1.82, 2.24) is 5.32 Å². The molecule has 0 saturated heterocycles. The molecule has 1 nitrogen and oxygen atoms in total. The lowest BCUT2D eigenvalue weighted by Gasteiger charge is -2.28. The lowest BCUT2D eigenvalue weighted by atomic mass is 9.77. The SMILES string of the molecule is CC1(C)CCCC12CC2CNC1CC1. The molecule has 0 heterocycles. The summed E-state index contributed by atoms with van der Waals surface area (Å²) in [6, 6.07) is 0.900. The van der Waals surface area contributed by atoms with Gasteiger partial charge >= 0.3 is 0 Å². The van der Waals surface area contributed by atoms with E-state index in [2.05, 4.69) is 19.2 Å². The molecule has 14 heavy (non-hydrogen) atoms. The Morgan fingerprint density at radius 3 is 2.57 bits per heavy atom. The van der Waals surface area contributed by atoms with Crippen molar-refractivity contribution in [3.63, 3.8) is 0 Å². The van der Waals surface area contributed by atoms with Crippen LogP contribution in [-0.2, 0) is 0 Å². The Bertz CT molecular complexity index is 242. The van der Waals surface area contributed by atoms with Gasteiger partial charge in [-0.3, -0.25) is 0 Å². The molecule has 3 saturated carbocycles. The molecule has 0 bridgehead atoms. The van der Waals surface area contributed by atoms with Crippen LogP contribution in [0, 0.1) is 16.7 Å². The molecule has 2 unspecified atom stereocenters. The first-order chi connectivity index (χ1) is 6.64. The van der Waals surface area contributed by atoms with E-state index in [0.29, 0.717) is 5.41 Å². The summed E-state index contributed by atoms with van der Waals surface area (Å²) in [5.74, 6) is 1.01. The average Bonchev–Trinajstić information content (AvgIpc) is 2.93. The van der Waals surface area contributed by atoms with E-state index in [0.717, 1.165) is 17.4 Å². The zero-order chi connectivity index (χ0) is 9.81. The van der Waals surface area contributed by atoms with Crippen molar-refractivity contribution >= 4 is 0 Å². The molecule has 0 aliphatic heterocycles. The molecule has 3 fully saturated rings. The van der Waals surface area contributed by atoms with Crippen LogP contribution < -0.4 is 5.32 Å². The van der Waals surface area contributed by atoms with Gasteiger partial charge in [-0.2, -0.15) is 0 Å². The Morgan fingerprint density at radius 2 is 2.00 bits per heavy atom. The first-order valence-electron chi connectivity index (χ1n) is 6.37. The van der Waals surface area contributed by atoms with Crippen LogP contribution in [0.15, 0.2) is 0 Å². The summed E-state index contributed by atoms with van der Waals surface area (Å²) < 4.78 is 0. The molecule has 1 spiro atoms. The largest absolute Gasteiger partial charge is 0.314 e. The van der Waals surface area contributed by atoms with Crippen molar-refractivity contribution in [3.8, 4) is 0 Å². The predicted octanol–water partition coefficient (Wildman–Crippen LogP) is 2.95. The Balaban J connectivity index is 1.58. The van der Waals surface area contributed by atoms with Crippen LogP contribution in [0.2, 0.25) is 0 Å². The molecule has 0 amide bonds. The molecule has 2 atom stereocenters. The van der Waals surface area contributed by atoms with E-state index in [1.165, 1.54) is 45.1 Å². The van der Waals surface area contributed by atoms with Gasteiger partial charge in [0.25, 0.3) is 0 Å². The van der Waals surface area contributed by atoms with Gasteiger partial charge in [0.2, 0.25) is 0 Å². The minimum atomic E-state index is 0.642. The first kappa shape index (κ1) is 9.21. The van der Waals surface area contributed by atoms with Crippen molar-refractivity contribution < 1.29 is 0 Å². The summed E-state index contributed by atoms with van der Waals surface area (Å²) in [6.07, 6.45) is 8.84. The maximum atomic E-state index is 3.71. The highest BCUT2D eigenvalue weighted by molar-refractivity contribution is 5.13. The van der Waals surface area contributed by atoms with E-state index >= 15 is 0 Å². The van der Waals surface area contributed by atoms with Crippen molar-refractivity contribution in [2.75, 3.05) is 6.54 Å². The maximum Gasteiger partial charge on any atom is 0.00683 e. The number of nitrogens with one attached hydrogen (secondary N) is 1. The maximum absolute atomic E-state index is 3.71. The molecular formula is C13H23N. The summed E-state index contributed by atoms with van der Waals surface area (Å²) in [6.45, 7) is 6.31. The average molecular weight is 193 g/mol. The van der Waals surface area contributed by atoms with Gasteiger partial charge in [0.05, 0.1) is 0 Å². The third kappa shape index (κ3) is 1.25. The first-order valence-corrected chi connectivity index (χ1v) is 6.37. The molecule has 3 aliphatic rings. The Kier molecular flexibility index (Phi) is 1.81. The lowest BCUT2D eigenvalue weighted by molar-refractivity contribution is 0.212. The fourth-order valence-electron chi connectivity index (χ4n) is 3.81. The monoisotopic (exact) mass is 193 g/mol. The minimum Gasteiger partial charge on any atom is -0.314 e. The highest BCUT2D eigenvalue weighted by Crippen LogP contribution is 2.71. The van der Waals surface area contributed by atoms with Crippen molar-refractivity contribution in [3.05, 3.63) is 0 Å². The Hall–Kier alpha value is -0.0400. The third-order valence-corrected chi connectivity index (χ3v) is 5.23. The second kappa shape index (κ2) is 2.75. The molecule has 0 aromatic heterocycles. The number of rotatable bonds is 3. The summed E-state index contributed by atoms with van der Waals surface area (Å²) in [5.41, 5.74) is 1.40. The van der Waals surface area contributed by atoms with E-state index in [1.54, 1.807) is 0 Å². The highest BCUT2D eigenvalue weighted by atomic mass is 15.0. The molecule has 0 radical (unpaired) electrons. The van der Waals surface area contributed by atoms with Gasteiger partial charge < -0.3 is 5.32 Å². The van der Waals surface area contributed by atoms with Crippen LogP contribution in [-0.4, -0.2) is 12.6 Å². The summed E-state index contributed by atoms with van der Waals surface area (Å²) in [4.78, 5) is 0. The van der Waals surface area contributed by atoms with Crippen molar-refractivity contribution in [2.45, 2.75) is 58.4 Å². The van der Waals surface area contributed by atoms with Gasteiger partial charge in [0.15, 0.2) is 0 Å². The van der Waals surface area contributed by atoms with Gasteiger partial charge in [0, 0.05) is 6.04 Å². The van der Waals surface area contributed by atoms with E-state index in [4.69, 9.17) is 0 Å². The van der Waals surface area contributed by atoms with E-state index < -0.39 is 0 Å². The minimum absolute atomic E-state index is 0.642. The smallest absolute Gasteiger partial charge is 0.00683 e. The fourth-order valence-corrected chi connectivity index (χ4v) is 3.81. The normalized spacial score (nSPS) is 44.6.